The van der Waals surface area contributed by atoms with E-state index in [9.17, 15) is 18.0 Å². The van der Waals surface area contributed by atoms with Crippen LogP contribution in [-0.4, -0.2) is 10.9 Å². The van der Waals surface area contributed by atoms with Gasteiger partial charge < -0.3 is 5.32 Å². The van der Waals surface area contributed by atoms with Crippen molar-refractivity contribution in [3.05, 3.63) is 66.0 Å². The van der Waals surface area contributed by atoms with Gasteiger partial charge in [-0.2, -0.15) is 13.2 Å². The Morgan fingerprint density at radius 1 is 1.24 bits per heavy atom. The first-order chi connectivity index (χ1) is 9.90. The summed E-state index contributed by atoms with van der Waals surface area (Å²) >= 11 is 0. The van der Waals surface area contributed by atoms with Crippen LogP contribution in [0.1, 0.15) is 21.6 Å². The van der Waals surface area contributed by atoms with Gasteiger partial charge in [0, 0.05) is 17.4 Å². The topological polar surface area (TPSA) is 42.0 Å². The first-order valence-electron chi connectivity index (χ1n) is 5.97. The number of hydrogen-bond donors (Lipinski definition) is 1. The summed E-state index contributed by atoms with van der Waals surface area (Å²) in [5.41, 5.74) is 0.0533. The lowest BCUT2D eigenvalue weighted by molar-refractivity contribution is -0.137. The van der Waals surface area contributed by atoms with Gasteiger partial charge in [0.2, 0.25) is 0 Å². The second kappa shape index (κ2) is 5.78. The highest BCUT2D eigenvalue weighted by Crippen LogP contribution is 2.30. The zero-order valence-corrected chi connectivity index (χ0v) is 10.8. The van der Waals surface area contributed by atoms with Crippen LogP contribution in [0.4, 0.5) is 18.9 Å². The van der Waals surface area contributed by atoms with E-state index in [0.717, 1.165) is 12.1 Å². The van der Waals surface area contributed by atoms with Crippen molar-refractivity contribution in [3.8, 4) is 0 Å². The first-order valence-corrected chi connectivity index (χ1v) is 5.97. The third-order valence-corrected chi connectivity index (χ3v) is 2.70. The van der Waals surface area contributed by atoms with Crippen molar-refractivity contribution in [2.24, 2.45) is 0 Å². The molecule has 3 nitrogen and oxygen atoms in total. The molecule has 6 heteroatoms. The molecular formula is C15H11F3N2O. The Balaban J connectivity index is 2.21. The smallest absolute Gasteiger partial charge is 0.322 e. The fourth-order valence-electron chi connectivity index (χ4n) is 1.68. The number of benzene rings is 1. The maximum absolute atomic E-state index is 12.6. The zero-order valence-electron chi connectivity index (χ0n) is 10.8. The highest BCUT2D eigenvalue weighted by molar-refractivity contribution is 6.04. The van der Waals surface area contributed by atoms with Gasteiger partial charge in [0.25, 0.3) is 5.91 Å². The summed E-state index contributed by atoms with van der Waals surface area (Å²) in [7, 11) is 0. The highest BCUT2D eigenvalue weighted by atomic mass is 19.4. The fraction of sp³-hybridized carbons (Fsp3) is 0.0667. The number of rotatable bonds is 3. The molecule has 0 saturated carbocycles. The van der Waals surface area contributed by atoms with E-state index in [-0.39, 0.29) is 11.3 Å². The number of nitrogens with zero attached hydrogens (tertiary/aromatic N) is 1. The van der Waals surface area contributed by atoms with E-state index < -0.39 is 17.6 Å². The monoisotopic (exact) mass is 292 g/mol. The van der Waals surface area contributed by atoms with Crippen molar-refractivity contribution in [2.45, 2.75) is 6.18 Å². The van der Waals surface area contributed by atoms with E-state index in [2.05, 4.69) is 16.9 Å². The lowest BCUT2D eigenvalue weighted by atomic mass is 10.1. The third-order valence-electron chi connectivity index (χ3n) is 2.70. The van der Waals surface area contributed by atoms with Crippen LogP contribution in [0.15, 0.2) is 49.2 Å². The molecule has 0 spiro atoms. The highest BCUT2D eigenvalue weighted by Gasteiger charge is 2.30. The molecule has 0 fully saturated rings. The summed E-state index contributed by atoms with van der Waals surface area (Å²) in [6, 6.07) is 7.42. The lowest BCUT2D eigenvalue weighted by Gasteiger charge is -2.10. The van der Waals surface area contributed by atoms with E-state index >= 15 is 0 Å². The fourth-order valence-corrected chi connectivity index (χ4v) is 1.68. The Morgan fingerprint density at radius 2 is 2.00 bits per heavy atom. The van der Waals surface area contributed by atoms with Gasteiger partial charge in [-0.15, -0.1) is 0 Å². The minimum absolute atomic E-state index is 0.0757. The van der Waals surface area contributed by atoms with Crippen LogP contribution in [0.5, 0.6) is 0 Å². The summed E-state index contributed by atoms with van der Waals surface area (Å²) in [5.74, 6) is -0.514. The standard InChI is InChI=1S/C15H11F3N2O/c1-2-12-8-10(6-7-19-12)14(21)20-13-5-3-4-11(9-13)15(16,17)18/h2-9H,1H2,(H,20,21). The molecule has 0 atom stereocenters. The van der Waals surface area contributed by atoms with Crippen molar-refractivity contribution in [3.63, 3.8) is 0 Å². The molecule has 0 bridgehead atoms. The predicted octanol–water partition coefficient (Wildman–Crippen LogP) is 4.00. The molecule has 1 amide bonds. The molecule has 1 heterocycles. The Hall–Kier alpha value is -2.63. The van der Waals surface area contributed by atoms with Gasteiger partial charge in [-0.3, -0.25) is 9.78 Å². The van der Waals surface area contributed by atoms with E-state index in [1.165, 1.54) is 36.5 Å². The van der Waals surface area contributed by atoms with Crippen LogP contribution in [-0.2, 0) is 6.18 Å². The van der Waals surface area contributed by atoms with E-state index in [0.29, 0.717) is 5.69 Å². The molecule has 0 radical (unpaired) electrons. The molecule has 0 unspecified atom stereocenters. The molecule has 2 aromatic rings. The lowest BCUT2D eigenvalue weighted by Crippen LogP contribution is -2.13. The molecule has 0 saturated heterocycles. The summed E-state index contributed by atoms with van der Waals surface area (Å²) < 4.78 is 37.8. The second-order valence-electron chi connectivity index (χ2n) is 4.21. The van der Waals surface area contributed by atoms with Crippen LogP contribution in [0, 0.1) is 0 Å². The summed E-state index contributed by atoms with van der Waals surface area (Å²) in [4.78, 5) is 15.9. The second-order valence-corrected chi connectivity index (χ2v) is 4.21. The van der Waals surface area contributed by atoms with Crippen LogP contribution in [0.3, 0.4) is 0 Å². The van der Waals surface area contributed by atoms with Gasteiger partial charge in [0.05, 0.1) is 11.3 Å². The average molecular weight is 292 g/mol. The average Bonchev–Trinajstić information content (AvgIpc) is 2.46. The molecule has 0 aliphatic heterocycles. The minimum atomic E-state index is -4.45. The van der Waals surface area contributed by atoms with E-state index in [4.69, 9.17) is 0 Å². The van der Waals surface area contributed by atoms with Gasteiger partial charge in [-0.1, -0.05) is 12.6 Å². The molecule has 1 aromatic heterocycles. The number of amides is 1. The van der Waals surface area contributed by atoms with Gasteiger partial charge in [-0.05, 0) is 36.4 Å². The zero-order chi connectivity index (χ0) is 15.5. The van der Waals surface area contributed by atoms with Crippen molar-refractivity contribution < 1.29 is 18.0 Å². The molecule has 2 rings (SSSR count). The SMILES string of the molecule is C=Cc1cc(C(=O)Nc2cccc(C(F)(F)F)c2)ccn1. The van der Waals surface area contributed by atoms with E-state index in [1.807, 2.05) is 0 Å². The van der Waals surface area contributed by atoms with Crippen molar-refractivity contribution in [1.82, 2.24) is 4.98 Å². The van der Waals surface area contributed by atoms with Crippen LogP contribution < -0.4 is 5.32 Å². The van der Waals surface area contributed by atoms with Gasteiger partial charge in [0.15, 0.2) is 0 Å². The van der Waals surface area contributed by atoms with Crippen LogP contribution >= 0.6 is 0 Å². The largest absolute Gasteiger partial charge is 0.416 e. The Bertz CT molecular complexity index is 681. The quantitative estimate of drug-likeness (QED) is 0.929. The summed E-state index contributed by atoms with van der Waals surface area (Å²) in [5, 5.41) is 2.42. The summed E-state index contributed by atoms with van der Waals surface area (Å²) in [6.45, 7) is 3.53. The number of halogens is 3. The molecule has 1 aromatic carbocycles. The van der Waals surface area contributed by atoms with E-state index in [1.54, 1.807) is 0 Å². The third kappa shape index (κ3) is 3.68. The number of aromatic nitrogens is 1. The van der Waals surface area contributed by atoms with Crippen LogP contribution in [0.2, 0.25) is 0 Å². The number of nitrogens with one attached hydrogen (secondary N) is 1. The Labute approximate surface area is 119 Å². The van der Waals surface area contributed by atoms with Crippen molar-refractivity contribution in [1.29, 1.82) is 0 Å². The molecular weight excluding hydrogens is 281 g/mol. The maximum atomic E-state index is 12.6. The Morgan fingerprint density at radius 3 is 2.67 bits per heavy atom. The number of pyridine rings is 1. The number of carbonyl (C=O) groups is 1. The van der Waals surface area contributed by atoms with Crippen molar-refractivity contribution >= 4 is 17.7 Å². The number of hydrogen-bond acceptors (Lipinski definition) is 2. The molecule has 108 valence electrons. The molecule has 1 N–H and O–H groups in total. The van der Waals surface area contributed by atoms with Crippen molar-refractivity contribution in [2.75, 3.05) is 5.32 Å². The number of carbonyl (C=O) groups excluding carboxylic acids is 1. The van der Waals surface area contributed by atoms with Gasteiger partial charge >= 0.3 is 6.18 Å². The number of alkyl halides is 3. The number of anilines is 1. The molecule has 21 heavy (non-hydrogen) atoms. The maximum Gasteiger partial charge on any atom is 0.416 e. The van der Waals surface area contributed by atoms with Gasteiger partial charge in [-0.25, -0.2) is 0 Å². The summed E-state index contributed by atoms with van der Waals surface area (Å²) in [6.07, 6.45) is -1.55. The predicted molar refractivity (Wildman–Crippen MR) is 73.7 cm³/mol. The molecule has 0 aliphatic rings. The van der Waals surface area contributed by atoms with Gasteiger partial charge in [0.1, 0.15) is 0 Å². The van der Waals surface area contributed by atoms with Crippen LogP contribution in [0.25, 0.3) is 6.08 Å². The molecule has 0 aliphatic carbocycles. The first kappa shape index (κ1) is 14.8. The Kier molecular flexibility index (Phi) is 4.07. The normalized spacial score (nSPS) is 11.0. The minimum Gasteiger partial charge on any atom is -0.322 e.